The van der Waals surface area contributed by atoms with Gasteiger partial charge in [0.2, 0.25) is 0 Å². The zero-order chi connectivity index (χ0) is 27.7. The molecule has 0 radical (unpaired) electrons. The molecule has 7 heteroatoms. The third kappa shape index (κ3) is 6.27. The van der Waals surface area contributed by atoms with Crippen molar-refractivity contribution in [3.05, 3.63) is 74.3 Å². The number of phenolic OH excluding ortho intramolecular Hbond substituents is 1. The van der Waals surface area contributed by atoms with Crippen molar-refractivity contribution in [3.63, 3.8) is 0 Å². The van der Waals surface area contributed by atoms with Gasteiger partial charge in [0.05, 0.1) is 11.5 Å². The number of aromatic hydroxyl groups is 1. The average Bonchev–Trinajstić information content (AvgIpc) is 3.07. The van der Waals surface area contributed by atoms with Crippen LogP contribution >= 0.6 is 0 Å². The normalized spacial score (nSPS) is 17.5. The van der Waals surface area contributed by atoms with Crippen LogP contribution in [0.15, 0.2) is 42.0 Å². The van der Waals surface area contributed by atoms with Gasteiger partial charge in [-0.25, -0.2) is 0 Å². The fraction of sp³-hybridized carbons (Fsp3) is 0.467. The van der Waals surface area contributed by atoms with Crippen LogP contribution in [0, 0.1) is 21.4 Å². The molecule has 1 fully saturated rings. The van der Waals surface area contributed by atoms with Crippen molar-refractivity contribution in [1.82, 2.24) is 4.90 Å². The van der Waals surface area contributed by atoms with Crippen LogP contribution in [-0.2, 0) is 10.8 Å². The summed E-state index contributed by atoms with van der Waals surface area (Å²) in [5.41, 5.74) is 3.01. The quantitative estimate of drug-likeness (QED) is 0.242. The van der Waals surface area contributed by atoms with Crippen LogP contribution in [0.5, 0.6) is 5.75 Å². The number of hydrogen-bond donors (Lipinski definition) is 2. The third-order valence-corrected chi connectivity index (χ3v) is 6.92. The van der Waals surface area contributed by atoms with E-state index in [2.05, 4.69) is 6.92 Å². The molecule has 0 aromatic heterocycles. The Bertz CT molecular complexity index is 1200. The Labute approximate surface area is 219 Å². The Morgan fingerprint density at radius 2 is 1.65 bits per heavy atom. The van der Waals surface area contributed by atoms with Crippen LogP contribution in [0.4, 0.5) is 5.69 Å². The molecule has 37 heavy (non-hydrogen) atoms. The van der Waals surface area contributed by atoms with Crippen LogP contribution in [0.3, 0.4) is 0 Å². The summed E-state index contributed by atoms with van der Waals surface area (Å²) in [5, 5.41) is 30.9. The molecule has 1 unspecified atom stereocenters. The van der Waals surface area contributed by atoms with Crippen LogP contribution in [0.25, 0.3) is 6.08 Å². The monoisotopic (exact) mass is 505 g/mol. The SMILES string of the molecule is CCCC1CN(CC(=O)c2cc(C(C)(C)C)c(O)c(C(C)(C)C)c2)C(=N)/C1=C/c1ccc([N+](=O)[O-])cc1. The number of benzene rings is 2. The predicted octanol–water partition coefficient (Wildman–Crippen LogP) is 6.87. The number of non-ortho nitro benzene ring substituents is 1. The highest BCUT2D eigenvalue weighted by atomic mass is 16.6. The second-order valence-electron chi connectivity index (χ2n) is 12.0. The van der Waals surface area contributed by atoms with E-state index < -0.39 is 4.92 Å². The summed E-state index contributed by atoms with van der Waals surface area (Å²) < 4.78 is 0. The van der Waals surface area contributed by atoms with Gasteiger partial charge in [0, 0.05) is 41.3 Å². The number of carbonyl (C=O) groups excluding carboxylic acids is 1. The molecule has 198 valence electrons. The van der Waals surface area contributed by atoms with Crippen molar-refractivity contribution in [2.24, 2.45) is 5.92 Å². The number of nitrogens with zero attached hydrogens (tertiary/aromatic N) is 2. The van der Waals surface area contributed by atoms with Crippen LogP contribution in [0.2, 0.25) is 0 Å². The first-order valence-corrected chi connectivity index (χ1v) is 12.8. The number of ketones is 1. The van der Waals surface area contributed by atoms with E-state index in [1.165, 1.54) is 12.1 Å². The number of nitrogens with one attached hydrogen (secondary N) is 1. The van der Waals surface area contributed by atoms with Crippen LogP contribution in [0.1, 0.15) is 88.4 Å². The van der Waals surface area contributed by atoms with Gasteiger partial charge in [-0.15, -0.1) is 0 Å². The van der Waals surface area contributed by atoms with E-state index in [9.17, 15) is 20.0 Å². The van der Waals surface area contributed by atoms with Gasteiger partial charge in [0.25, 0.3) is 5.69 Å². The van der Waals surface area contributed by atoms with Crippen molar-refractivity contribution in [1.29, 1.82) is 5.41 Å². The number of nitro benzene ring substituents is 1. The molecule has 0 bridgehead atoms. The molecule has 0 amide bonds. The lowest BCUT2D eigenvalue weighted by Gasteiger charge is -2.28. The summed E-state index contributed by atoms with van der Waals surface area (Å²) in [5.74, 6) is 0.570. The molecule has 2 aromatic rings. The summed E-state index contributed by atoms with van der Waals surface area (Å²) >= 11 is 0. The number of nitro groups is 1. The molecular formula is C30H39N3O4. The Morgan fingerprint density at radius 3 is 2.11 bits per heavy atom. The number of amidine groups is 1. The van der Waals surface area contributed by atoms with Crippen molar-refractivity contribution < 1.29 is 14.8 Å². The van der Waals surface area contributed by atoms with Crippen LogP contribution < -0.4 is 0 Å². The van der Waals surface area contributed by atoms with Crippen molar-refractivity contribution in [2.75, 3.05) is 13.1 Å². The van der Waals surface area contributed by atoms with E-state index in [0.29, 0.717) is 17.9 Å². The van der Waals surface area contributed by atoms with Crippen LogP contribution in [-0.4, -0.2) is 39.6 Å². The standard InChI is InChI=1S/C30H39N3O4/c1-8-9-20-17-32(28(31)23(20)14-19-10-12-22(13-11-19)33(36)37)18-26(34)21-15-24(29(2,3)4)27(35)25(16-21)30(5,6)7/h10-16,20,31,35H,8-9,17-18H2,1-7H3/b23-14+,31-28?. The van der Waals surface area contributed by atoms with Gasteiger partial charge in [-0.05, 0) is 58.7 Å². The fourth-order valence-corrected chi connectivity index (χ4v) is 4.83. The molecule has 7 nitrogen and oxygen atoms in total. The summed E-state index contributed by atoms with van der Waals surface area (Å²) in [6, 6.07) is 9.89. The number of hydrogen-bond acceptors (Lipinski definition) is 5. The lowest BCUT2D eigenvalue weighted by atomic mass is 9.78. The number of phenols is 1. The van der Waals surface area contributed by atoms with E-state index in [1.807, 2.05) is 52.5 Å². The maximum Gasteiger partial charge on any atom is 0.269 e. The molecule has 2 aromatic carbocycles. The lowest BCUT2D eigenvalue weighted by Crippen LogP contribution is -2.31. The number of rotatable bonds is 7. The molecular weight excluding hydrogens is 466 g/mol. The average molecular weight is 506 g/mol. The third-order valence-electron chi connectivity index (χ3n) is 6.92. The number of carbonyl (C=O) groups is 1. The summed E-state index contributed by atoms with van der Waals surface area (Å²) in [6.07, 6.45) is 3.74. The number of Topliss-reactive ketones (excluding diaryl/α,β-unsaturated/α-hetero) is 1. The zero-order valence-electron chi connectivity index (χ0n) is 23.0. The lowest BCUT2D eigenvalue weighted by molar-refractivity contribution is -0.384. The van der Waals surface area contributed by atoms with Gasteiger partial charge in [0.1, 0.15) is 11.6 Å². The summed E-state index contributed by atoms with van der Waals surface area (Å²) in [6.45, 7) is 14.9. The second kappa shape index (κ2) is 10.5. The zero-order valence-corrected chi connectivity index (χ0v) is 23.0. The van der Waals surface area contributed by atoms with Gasteiger partial charge >= 0.3 is 0 Å². The van der Waals surface area contributed by atoms with Gasteiger partial charge in [-0.3, -0.25) is 20.3 Å². The van der Waals surface area contributed by atoms with Crippen molar-refractivity contribution in [2.45, 2.75) is 72.1 Å². The van der Waals surface area contributed by atoms with Gasteiger partial charge < -0.3 is 10.0 Å². The minimum Gasteiger partial charge on any atom is -0.507 e. The molecule has 1 aliphatic rings. The molecule has 3 rings (SSSR count). The van der Waals surface area contributed by atoms with E-state index >= 15 is 0 Å². The van der Waals surface area contributed by atoms with Crippen molar-refractivity contribution in [3.8, 4) is 5.75 Å². The number of likely N-dealkylation sites (tertiary alicyclic amines) is 1. The largest absolute Gasteiger partial charge is 0.507 e. The van der Waals surface area contributed by atoms with Gasteiger partial charge in [-0.2, -0.15) is 0 Å². The maximum atomic E-state index is 13.5. The Hall–Kier alpha value is -3.48. The minimum absolute atomic E-state index is 0.0270. The molecule has 1 heterocycles. The molecule has 0 saturated carbocycles. The van der Waals surface area contributed by atoms with Gasteiger partial charge in [0.15, 0.2) is 5.78 Å². The molecule has 1 atom stereocenters. The highest BCUT2D eigenvalue weighted by molar-refractivity contribution is 6.06. The maximum absolute atomic E-state index is 13.5. The first-order chi connectivity index (χ1) is 17.1. The Kier molecular flexibility index (Phi) is 7.96. The summed E-state index contributed by atoms with van der Waals surface area (Å²) in [4.78, 5) is 25.9. The highest BCUT2D eigenvalue weighted by Crippen LogP contribution is 2.40. The van der Waals surface area contributed by atoms with E-state index in [-0.39, 0.29) is 40.5 Å². The van der Waals surface area contributed by atoms with Crippen molar-refractivity contribution >= 4 is 23.4 Å². The van der Waals surface area contributed by atoms with Gasteiger partial charge in [-0.1, -0.05) is 54.9 Å². The Morgan fingerprint density at radius 1 is 1.11 bits per heavy atom. The molecule has 1 aliphatic heterocycles. The van der Waals surface area contributed by atoms with E-state index in [4.69, 9.17) is 5.41 Å². The fourth-order valence-electron chi connectivity index (χ4n) is 4.83. The van der Waals surface area contributed by atoms with E-state index in [0.717, 1.165) is 35.1 Å². The smallest absolute Gasteiger partial charge is 0.269 e. The summed E-state index contributed by atoms with van der Waals surface area (Å²) in [7, 11) is 0. The predicted molar refractivity (Wildman–Crippen MR) is 149 cm³/mol. The first-order valence-electron chi connectivity index (χ1n) is 12.8. The Balaban J connectivity index is 1.92. The second-order valence-corrected chi connectivity index (χ2v) is 12.0. The first kappa shape index (κ1) is 28.1. The minimum atomic E-state index is -0.429. The molecule has 1 saturated heterocycles. The molecule has 0 spiro atoms. The molecule has 2 N–H and O–H groups in total. The molecule has 0 aliphatic carbocycles. The van der Waals surface area contributed by atoms with E-state index in [1.54, 1.807) is 24.3 Å². The topological polar surface area (TPSA) is 108 Å². The highest BCUT2D eigenvalue weighted by Gasteiger charge is 2.34.